The lowest BCUT2D eigenvalue weighted by molar-refractivity contribution is -0.141. The number of nitrogens with one attached hydrogen (secondary N) is 1. The number of anilines is 2. The normalized spacial score (nSPS) is 14.9. The standard InChI is InChI=1S/C41H44F4N6O5S/c1-38(2,3)50(37(53)56-39(4,5)6)35-30-23-29(12-10-26(30)15-21-47-35)51-33(24-34(49-51)41(43,44)45)36(52)48-32-22-28(11-13-31(32)42)40(57(7,54)55,18-14-25-8-9-25)27-16-19-46-20-17-27/h10-13,15-17,19-25H,8-9,14,18H2,1-7H3,(H,48,52). The summed E-state index contributed by atoms with van der Waals surface area (Å²) in [5, 5.41) is 7.05. The van der Waals surface area contributed by atoms with Crippen molar-refractivity contribution in [2.24, 2.45) is 5.92 Å². The summed E-state index contributed by atoms with van der Waals surface area (Å²) >= 11 is 0. The van der Waals surface area contributed by atoms with E-state index in [9.17, 15) is 31.2 Å². The number of aromatic nitrogens is 4. The van der Waals surface area contributed by atoms with E-state index in [4.69, 9.17) is 4.74 Å². The highest BCUT2D eigenvalue weighted by Gasteiger charge is 2.46. The summed E-state index contributed by atoms with van der Waals surface area (Å²) in [4.78, 5) is 37.4. The number of sulfone groups is 1. The maximum absolute atomic E-state index is 15.6. The predicted molar refractivity (Wildman–Crippen MR) is 209 cm³/mol. The molecular formula is C41H44F4N6O5S. The minimum absolute atomic E-state index is 0.00136. The lowest BCUT2D eigenvalue weighted by Gasteiger charge is -2.36. The fourth-order valence-corrected chi connectivity index (χ4v) is 8.49. The van der Waals surface area contributed by atoms with Gasteiger partial charge >= 0.3 is 12.3 Å². The highest BCUT2D eigenvalue weighted by Crippen LogP contribution is 2.46. The molecule has 11 nitrogen and oxygen atoms in total. The van der Waals surface area contributed by atoms with Crippen LogP contribution in [0.15, 0.2) is 79.3 Å². The van der Waals surface area contributed by atoms with Crippen molar-refractivity contribution in [1.82, 2.24) is 19.7 Å². The van der Waals surface area contributed by atoms with Crippen molar-refractivity contribution in [3.63, 3.8) is 0 Å². The second kappa shape index (κ2) is 14.8. The molecule has 1 unspecified atom stereocenters. The number of benzene rings is 2. The van der Waals surface area contributed by atoms with Crippen molar-refractivity contribution in [2.75, 3.05) is 16.5 Å². The molecule has 302 valence electrons. The van der Waals surface area contributed by atoms with E-state index in [-0.39, 0.29) is 23.5 Å². The smallest absolute Gasteiger partial charge is 0.435 e. The number of carbonyl (C=O) groups is 2. The molecule has 3 aromatic heterocycles. The van der Waals surface area contributed by atoms with Crippen LogP contribution in [0.25, 0.3) is 16.5 Å². The molecule has 1 aliphatic rings. The molecule has 0 spiro atoms. The summed E-state index contributed by atoms with van der Waals surface area (Å²) in [6.45, 7) is 10.4. The van der Waals surface area contributed by atoms with Gasteiger partial charge in [-0.2, -0.15) is 18.3 Å². The molecular weight excluding hydrogens is 765 g/mol. The van der Waals surface area contributed by atoms with Crippen molar-refractivity contribution in [2.45, 2.75) is 89.3 Å². The number of ether oxygens (including phenoxy) is 1. The Kier molecular flexibility index (Phi) is 10.7. The van der Waals surface area contributed by atoms with Gasteiger partial charge in [0.15, 0.2) is 15.5 Å². The molecule has 0 bridgehead atoms. The minimum atomic E-state index is -4.98. The van der Waals surface area contributed by atoms with Crippen LogP contribution >= 0.6 is 0 Å². The molecule has 3 heterocycles. The Bertz CT molecular complexity index is 2440. The molecule has 1 aliphatic carbocycles. The maximum Gasteiger partial charge on any atom is 0.435 e. The summed E-state index contributed by atoms with van der Waals surface area (Å²) in [5.41, 5.74) is -3.61. The second-order valence-corrected chi connectivity index (χ2v) is 18.6. The largest absolute Gasteiger partial charge is 0.443 e. The SMILES string of the molecule is CC(C)(C)OC(=O)N(c1nccc2ccc(-n3nc(C(F)(F)F)cc3C(=O)Nc3cc(C(CCC4CC4)(c4ccncc4)S(C)(=O)=O)ccc3F)cc12)C(C)(C)C. The molecule has 57 heavy (non-hydrogen) atoms. The average Bonchev–Trinajstić information content (AvgIpc) is 3.81. The molecule has 2 amide bonds. The van der Waals surface area contributed by atoms with Crippen LogP contribution in [0.3, 0.4) is 0 Å². The van der Waals surface area contributed by atoms with Crippen LogP contribution in [-0.2, 0) is 25.5 Å². The first-order valence-corrected chi connectivity index (χ1v) is 20.2. The van der Waals surface area contributed by atoms with Gasteiger partial charge in [0.25, 0.3) is 5.91 Å². The Balaban J connectivity index is 1.45. The number of pyridine rings is 2. The first kappa shape index (κ1) is 41.3. The van der Waals surface area contributed by atoms with Crippen LogP contribution in [-0.4, -0.2) is 57.6 Å². The number of hydrogen-bond acceptors (Lipinski definition) is 8. The van der Waals surface area contributed by atoms with Crippen LogP contribution in [0.4, 0.5) is 33.9 Å². The number of fused-ring (bicyclic) bond motifs is 1. The van der Waals surface area contributed by atoms with Crippen molar-refractivity contribution < 1.29 is 40.3 Å². The van der Waals surface area contributed by atoms with Crippen LogP contribution < -0.4 is 10.2 Å². The summed E-state index contributed by atoms with van der Waals surface area (Å²) in [7, 11) is -3.96. The number of nitrogens with zero attached hydrogens (tertiary/aromatic N) is 5. The lowest BCUT2D eigenvalue weighted by atomic mass is 9.85. The molecule has 1 atom stereocenters. The van der Waals surface area contributed by atoms with Gasteiger partial charge in [-0.1, -0.05) is 25.0 Å². The minimum Gasteiger partial charge on any atom is -0.443 e. The maximum atomic E-state index is 15.6. The molecule has 0 aliphatic heterocycles. The summed E-state index contributed by atoms with van der Waals surface area (Å²) in [5.74, 6) is -1.61. The Labute approximate surface area is 328 Å². The average molecular weight is 809 g/mol. The highest BCUT2D eigenvalue weighted by atomic mass is 32.2. The predicted octanol–water partition coefficient (Wildman–Crippen LogP) is 9.24. The van der Waals surface area contributed by atoms with Crippen molar-refractivity contribution >= 4 is 44.1 Å². The van der Waals surface area contributed by atoms with Gasteiger partial charge in [-0.15, -0.1) is 0 Å². The third-order valence-corrected chi connectivity index (χ3v) is 11.7. The van der Waals surface area contributed by atoms with E-state index in [2.05, 4.69) is 20.4 Å². The molecule has 0 saturated heterocycles. The monoisotopic (exact) mass is 808 g/mol. The van der Waals surface area contributed by atoms with Gasteiger partial charge in [0.2, 0.25) is 0 Å². The van der Waals surface area contributed by atoms with Gasteiger partial charge in [-0.05, 0) is 119 Å². The third-order valence-electron chi connectivity index (χ3n) is 9.73. The molecule has 6 rings (SSSR count). The Morgan fingerprint density at radius 1 is 0.912 bits per heavy atom. The zero-order chi connectivity index (χ0) is 41.7. The fourth-order valence-electron chi connectivity index (χ4n) is 6.88. The number of carbonyl (C=O) groups excluding carboxylic acids is 2. The Morgan fingerprint density at radius 2 is 1.60 bits per heavy atom. The first-order valence-electron chi connectivity index (χ1n) is 18.3. The van der Waals surface area contributed by atoms with Gasteiger partial charge in [0.05, 0.1) is 11.4 Å². The fraction of sp³-hybridized carbons (Fsp3) is 0.390. The number of amides is 2. The van der Waals surface area contributed by atoms with Gasteiger partial charge < -0.3 is 10.1 Å². The lowest BCUT2D eigenvalue weighted by Crippen LogP contribution is -2.48. The zero-order valence-electron chi connectivity index (χ0n) is 32.6. The third kappa shape index (κ3) is 8.65. The molecule has 1 saturated carbocycles. The Hall–Kier alpha value is -5.38. The topological polar surface area (TPSA) is 136 Å². The van der Waals surface area contributed by atoms with Crippen LogP contribution in [0.1, 0.15) is 94.5 Å². The van der Waals surface area contributed by atoms with E-state index >= 15 is 4.39 Å². The highest BCUT2D eigenvalue weighted by molar-refractivity contribution is 7.91. The van der Waals surface area contributed by atoms with E-state index < -0.39 is 66.8 Å². The van der Waals surface area contributed by atoms with E-state index in [1.807, 2.05) is 0 Å². The molecule has 2 aromatic carbocycles. The van der Waals surface area contributed by atoms with Gasteiger partial charge in [0, 0.05) is 41.8 Å². The molecule has 16 heteroatoms. The first-order chi connectivity index (χ1) is 26.5. The van der Waals surface area contributed by atoms with E-state index in [0.717, 1.165) is 29.8 Å². The van der Waals surface area contributed by atoms with Crippen LogP contribution in [0.5, 0.6) is 0 Å². The van der Waals surface area contributed by atoms with Gasteiger partial charge in [0.1, 0.15) is 27.7 Å². The van der Waals surface area contributed by atoms with Crippen molar-refractivity contribution in [1.29, 1.82) is 0 Å². The molecule has 0 radical (unpaired) electrons. The second-order valence-electron chi connectivity index (χ2n) is 16.3. The summed E-state index contributed by atoms with van der Waals surface area (Å²) in [6.07, 6.45) is 2.47. The summed E-state index contributed by atoms with van der Waals surface area (Å²) < 4.78 is 90.7. The zero-order valence-corrected chi connectivity index (χ0v) is 33.4. The van der Waals surface area contributed by atoms with E-state index in [1.54, 1.807) is 65.8 Å². The molecule has 5 aromatic rings. The number of alkyl halides is 3. The van der Waals surface area contributed by atoms with Crippen LogP contribution in [0.2, 0.25) is 0 Å². The van der Waals surface area contributed by atoms with Gasteiger partial charge in [-0.3, -0.25) is 14.7 Å². The van der Waals surface area contributed by atoms with Gasteiger partial charge in [-0.25, -0.2) is 27.3 Å². The Morgan fingerprint density at radius 3 is 2.19 bits per heavy atom. The van der Waals surface area contributed by atoms with Crippen molar-refractivity contribution in [3.05, 3.63) is 108 Å². The van der Waals surface area contributed by atoms with Crippen molar-refractivity contribution in [3.8, 4) is 5.69 Å². The number of halogens is 4. The van der Waals surface area contributed by atoms with Crippen LogP contribution in [0, 0.1) is 11.7 Å². The quantitative estimate of drug-likeness (QED) is 0.138. The van der Waals surface area contributed by atoms with E-state index in [0.29, 0.717) is 34.7 Å². The number of hydrogen-bond donors (Lipinski definition) is 1. The molecule has 1 N–H and O–H groups in total. The molecule has 1 fully saturated rings. The van der Waals surface area contributed by atoms with E-state index in [1.165, 1.54) is 47.8 Å². The number of rotatable bonds is 10. The summed E-state index contributed by atoms with van der Waals surface area (Å²) in [6, 6.07) is 13.4.